The van der Waals surface area contributed by atoms with Crippen LogP contribution in [-0.4, -0.2) is 46.1 Å². The lowest BCUT2D eigenvalue weighted by molar-refractivity contribution is 0.216. The third-order valence-electron chi connectivity index (χ3n) is 6.11. The van der Waals surface area contributed by atoms with Gasteiger partial charge in [0.05, 0.1) is 10.9 Å². The number of rotatable bonds is 2. The molecular formula is C20H21N7. The van der Waals surface area contributed by atoms with Gasteiger partial charge < -0.3 is 14.8 Å². The molecular weight excluding hydrogens is 338 g/mol. The SMILES string of the molecule is C[C@]12CN(c3ccc(C#N)cn3)C[C@H]1CCN(c1ncnc3[nH]ccc13)C2. The molecule has 3 aromatic heterocycles. The molecule has 3 aromatic rings. The van der Waals surface area contributed by atoms with Crippen LogP contribution in [-0.2, 0) is 0 Å². The molecule has 2 aliphatic heterocycles. The molecule has 2 atom stereocenters. The summed E-state index contributed by atoms with van der Waals surface area (Å²) in [5.41, 5.74) is 1.68. The molecule has 0 spiro atoms. The van der Waals surface area contributed by atoms with Gasteiger partial charge >= 0.3 is 0 Å². The Balaban J connectivity index is 1.40. The molecule has 7 heteroatoms. The Bertz CT molecular complexity index is 1020. The lowest BCUT2D eigenvalue weighted by Gasteiger charge is -2.42. The topological polar surface area (TPSA) is 84.7 Å². The third-order valence-corrected chi connectivity index (χ3v) is 6.11. The van der Waals surface area contributed by atoms with Gasteiger partial charge in [0.2, 0.25) is 0 Å². The van der Waals surface area contributed by atoms with E-state index in [9.17, 15) is 0 Å². The molecule has 0 radical (unpaired) electrons. The first-order chi connectivity index (χ1) is 13.2. The maximum absolute atomic E-state index is 8.98. The fourth-order valence-corrected chi connectivity index (χ4v) is 4.67. The van der Waals surface area contributed by atoms with E-state index < -0.39 is 0 Å². The molecule has 0 aliphatic carbocycles. The van der Waals surface area contributed by atoms with Crippen molar-refractivity contribution in [3.63, 3.8) is 0 Å². The summed E-state index contributed by atoms with van der Waals surface area (Å²) in [6, 6.07) is 8.01. The largest absolute Gasteiger partial charge is 0.356 e. The smallest absolute Gasteiger partial charge is 0.142 e. The second kappa shape index (κ2) is 5.95. The van der Waals surface area contributed by atoms with E-state index in [1.54, 1.807) is 12.5 Å². The first kappa shape index (κ1) is 16.1. The van der Waals surface area contributed by atoms with Crippen molar-refractivity contribution < 1.29 is 0 Å². The lowest BCUT2D eigenvalue weighted by Crippen LogP contribution is -2.47. The second-order valence-electron chi connectivity index (χ2n) is 7.90. The van der Waals surface area contributed by atoms with Crippen molar-refractivity contribution in [1.29, 1.82) is 5.26 Å². The van der Waals surface area contributed by atoms with E-state index in [1.807, 2.05) is 18.3 Å². The summed E-state index contributed by atoms with van der Waals surface area (Å²) in [5.74, 6) is 2.62. The Kier molecular flexibility index (Phi) is 3.54. The molecule has 136 valence electrons. The number of anilines is 2. The highest BCUT2D eigenvalue weighted by Crippen LogP contribution is 2.44. The number of H-pyrrole nitrogens is 1. The van der Waals surface area contributed by atoms with Gasteiger partial charge in [0, 0.05) is 44.0 Å². The van der Waals surface area contributed by atoms with Gasteiger partial charge in [-0.2, -0.15) is 5.26 Å². The highest BCUT2D eigenvalue weighted by atomic mass is 15.3. The molecule has 7 nitrogen and oxygen atoms in total. The fourth-order valence-electron chi connectivity index (χ4n) is 4.67. The van der Waals surface area contributed by atoms with Gasteiger partial charge in [0.1, 0.15) is 29.7 Å². The summed E-state index contributed by atoms with van der Waals surface area (Å²) in [7, 11) is 0. The van der Waals surface area contributed by atoms with Crippen LogP contribution < -0.4 is 9.80 Å². The molecule has 2 aliphatic rings. The average molecular weight is 359 g/mol. The number of fused-ring (bicyclic) bond motifs is 2. The number of pyridine rings is 1. The Morgan fingerprint density at radius 3 is 2.89 bits per heavy atom. The number of hydrogen-bond donors (Lipinski definition) is 1. The molecule has 0 bridgehead atoms. The molecule has 0 saturated carbocycles. The summed E-state index contributed by atoms with van der Waals surface area (Å²) in [6.45, 7) is 6.35. The number of aromatic amines is 1. The standard InChI is InChI=1S/C20H21N7/c1-20-11-26(19-16-4-6-22-18(16)24-13-25-19)7-5-15(20)10-27(12-20)17-3-2-14(8-21)9-23-17/h2-4,6,9,13,15H,5,7,10-12H2,1H3,(H,22,24,25)/t15-,20+/m1/s1. The number of aromatic nitrogens is 4. The highest BCUT2D eigenvalue weighted by Gasteiger charge is 2.47. The quantitative estimate of drug-likeness (QED) is 0.757. The zero-order chi connectivity index (χ0) is 18.4. The van der Waals surface area contributed by atoms with Gasteiger partial charge in [0.15, 0.2) is 0 Å². The minimum absolute atomic E-state index is 0.182. The fraction of sp³-hybridized carbons (Fsp3) is 0.400. The van der Waals surface area contributed by atoms with Crippen LogP contribution in [0.5, 0.6) is 0 Å². The van der Waals surface area contributed by atoms with Crippen LogP contribution in [0.1, 0.15) is 18.9 Å². The van der Waals surface area contributed by atoms with E-state index in [-0.39, 0.29) is 5.41 Å². The van der Waals surface area contributed by atoms with Gasteiger partial charge in [-0.15, -0.1) is 0 Å². The molecule has 0 aromatic carbocycles. The zero-order valence-electron chi connectivity index (χ0n) is 15.3. The maximum atomic E-state index is 8.98. The van der Waals surface area contributed by atoms with Crippen molar-refractivity contribution in [3.8, 4) is 6.07 Å². The monoisotopic (exact) mass is 359 g/mol. The number of nitrogens with zero attached hydrogens (tertiary/aromatic N) is 6. The Labute approximate surface area is 157 Å². The molecule has 2 fully saturated rings. The number of piperidine rings is 1. The molecule has 0 unspecified atom stereocenters. The third kappa shape index (κ3) is 2.60. The zero-order valence-corrected chi connectivity index (χ0v) is 15.3. The maximum Gasteiger partial charge on any atom is 0.142 e. The second-order valence-corrected chi connectivity index (χ2v) is 7.90. The van der Waals surface area contributed by atoms with Crippen LogP contribution >= 0.6 is 0 Å². The van der Waals surface area contributed by atoms with Crippen molar-refractivity contribution in [1.82, 2.24) is 19.9 Å². The predicted octanol–water partition coefficient (Wildman–Crippen LogP) is 2.58. The first-order valence-electron chi connectivity index (χ1n) is 9.30. The number of hydrogen-bond acceptors (Lipinski definition) is 6. The average Bonchev–Trinajstić information content (AvgIpc) is 3.31. The van der Waals surface area contributed by atoms with Crippen LogP contribution in [0.25, 0.3) is 11.0 Å². The van der Waals surface area contributed by atoms with Crippen LogP contribution in [0.4, 0.5) is 11.6 Å². The molecule has 0 amide bonds. The van der Waals surface area contributed by atoms with E-state index in [1.165, 1.54) is 0 Å². The normalized spacial score (nSPS) is 24.8. The predicted molar refractivity (Wildman–Crippen MR) is 103 cm³/mol. The van der Waals surface area contributed by atoms with Gasteiger partial charge in [-0.3, -0.25) is 0 Å². The Morgan fingerprint density at radius 2 is 2.07 bits per heavy atom. The van der Waals surface area contributed by atoms with E-state index in [0.717, 1.165) is 55.3 Å². The summed E-state index contributed by atoms with van der Waals surface area (Å²) in [6.07, 6.45) is 6.37. The van der Waals surface area contributed by atoms with E-state index in [0.29, 0.717) is 11.5 Å². The molecule has 27 heavy (non-hydrogen) atoms. The van der Waals surface area contributed by atoms with Gasteiger partial charge in [-0.05, 0) is 30.5 Å². The van der Waals surface area contributed by atoms with Gasteiger partial charge in [-0.1, -0.05) is 6.92 Å². The number of nitrogens with one attached hydrogen (secondary N) is 1. The van der Waals surface area contributed by atoms with Crippen molar-refractivity contribution in [2.24, 2.45) is 11.3 Å². The highest BCUT2D eigenvalue weighted by molar-refractivity contribution is 5.87. The minimum atomic E-state index is 0.182. The Hall–Kier alpha value is -3.14. The lowest BCUT2D eigenvalue weighted by atomic mass is 9.75. The minimum Gasteiger partial charge on any atom is -0.356 e. The van der Waals surface area contributed by atoms with Crippen molar-refractivity contribution in [3.05, 3.63) is 42.5 Å². The Morgan fingerprint density at radius 1 is 1.19 bits per heavy atom. The molecule has 2 saturated heterocycles. The van der Waals surface area contributed by atoms with Crippen LogP contribution in [0.15, 0.2) is 36.9 Å². The molecule has 5 heterocycles. The summed E-state index contributed by atoms with van der Waals surface area (Å²) in [4.78, 5) is 21.3. The van der Waals surface area contributed by atoms with Crippen molar-refractivity contribution in [2.45, 2.75) is 13.3 Å². The van der Waals surface area contributed by atoms with Crippen LogP contribution in [0.3, 0.4) is 0 Å². The van der Waals surface area contributed by atoms with Crippen molar-refractivity contribution in [2.75, 3.05) is 36.0 Å². The molecule has 1 N–H and O–H groups in total. The summed E-state index contributed by atoms with van der Waals surface area (Å²) >= 11 is 0. The van der Waals surface area contributed by atoms with Crippen LogP contribution in [0.2, 0.25) is 0 Å². The van der Waals surface area contributed by atoms with E-state index in [2.05, 4.69) is 48.8 Å². The number of nitriles is 1. The van der Waals surface area contributed by atoms with E-state index >= 15 is 0 Å². The van der Waals surface area contributed by atoms with Crippen LogP contribution in [0, 0.1) is 22.7 Å². The summed E-state index contributed by atoms with van der Waals surface area (Å²) in [5, 5.41) is 10.1. The van der Waals surface area contributed by atoms with Gasteiger partial charge in [0.25, 0.3) is 0 Å². The summed E-state index contributed by atoms with van der Waals surface area (Å²) < 4.78 is 0. The first-order valence-corrected chi connectivity index (χ1v) is 9.30. The van der Waals surface area contributed by atoms with Gasteiger partial charge in [-0.25, -0.2) is 15.0 Å². The van der Waals surface area contributed by atoms with Crippen molar-refractivity contribution >= 4 is 22.7 Å². The molecule has 5 rings (SSSR count). The van der Waals surface area contributed by atoms with E-state index in [4.69, 9.17) is 5.26 Å².